The molecule has 0 spiro atoms. The zero-order valence-electron chi connectivity index (χ0n) is 20.9. The Bertz CT molecular complexity index is 919. The molecule has 4 aliphatic carbocycles. The molecule has 0 heterocycles. The molecular weight excluding hydrogens is 403 g/mol. The number of methoxy groups -OCH3 is 1. The molecule has 0 aromatic heterocycles. The van der Waals surface area contributed by atoms with Gasteiger partial charge in [0.1, 0.15) is 0 Å². The van der Waals surface area contributed by atoms with Crippen LogP contribution < -0.4 is 28.3 Å². The van der Waals surface area contributed by atoms with E-state index >= 15 is 0 Å². The molecule has 0 N–H and O–H groups in total. The average Bonchev–Trinajstić information content (AvgIpc) is 2.77. The van der Waals surface area contributed by atoms with Gasteiger partial charge in [0.15, 0.2) is 6.79 Å². The maximum absolute atomic E-state index is 6.37. The minimum atomic E-state index is 0. The summed E-state index contributed by atoms with van der Waals surface area (Å²) in [6, 6.07) is 14.2. The van der Waals surface area contributed by atoms with Crippen LogP contribution in [0.1, 0.15) is 69.4 Å². The van der Waals surface area contributed by atoms with Gasteiger partial charge < -0.3 is 14.2 Å². The van der Waals surface area contributed by atoms with Crippen molar-refractivity contribution in [2.24, 2.45) is 17.8 Å². The van der Waals surface area contributed by atoms with E-state index in [4.69, 9.17) is 14.2 Å². The molecule has 3 nitrogen and oxygen atoms in total. The van der Waals surface area contributed by atoms with Gasteiger partial charge >= 0.3 is 18.9 Å². The van der Waals surface area contributed by atoms with Crippen molar-refractivity contribution in [2.45, 2.75) is 70.6 Å². The topological polar surface area (TPSA) is 27.7 Å². The molecule has 33 heavy (non-hydrogen) atoms. The van der Waals surface area contributed by atoms with Gasteiger partial charge in [0.05, 0.1) is 12.4 Å². The molecule has 172 valence electrons. The number of ether oxygens (including phenoxy) is 3. The van der Waals surface area contributed by atoms with Crippen LogP contribution in [0.3, 0.4) is 0 Å². The van der Waals surface area contributed by atoms with Crippen molar-refractivity contribution >= 4 is 0 Å². The monoisotopic (exact) mass is 440 g/mol. The number of aryl methyl sites for hydroxylation is 1. The normalized spacial score (nSPS) is 27.3. The van der Waals surface area contributed by atoms with E-state index in [1.54, 1.807) is 7.11 Å². The van der Waals surface area contributed by atoms with Crippen LogP contribution in [0.15, 0.2) is 30.3 Å². The Labute approximate surface area is 211 Å². The number of hydrogen-bond donors (Lipinski definition) is 0. The number of benzene rings is 2. The van der Waals surface area contributed by atoms with Gasteiger partial charge in [-0.1, -0.05) is 36.6 Å². The Hall–Kier alpha value is -1.40. The van der Waals surface area contributed by atoms with E-state index in [-0.39, 0.29) is 31.1 Å². The van der Waals surface area contributed by atoms with Gasteiger partial charge in [-0.2, -0.15) is 0 Å². The van der Waals surface area contributed by atoms with Gasteiger partial charge in [0.2, 0.25) is 0 Å². The molecule has 0 atom stereocenters. The van der Waals surface area contributed by atoms with Crippen molar-refractivity contribution in [2.75, 3.05) is 20.5 Å². The minimum absolute atomic E-state index is 0. The SMILES string of the molecule is CCCCOc1cc[c-]c(-c2cc(C)cc(C34CC5CC(CC(C5)C3)C4)c2OCOC)c1.[Li+]. The van der Waals surface area contributed by atoms with E-state index < -0.39 is 0 Å². The van der Waals surface area contributed by atoms with Crippen LogP contribution in [-0.2, 0) is 10.2 Å². The van der Waals surface area contributed by atoms with Gasteiger partial charge in [-0.3, -0.25) is 0 Å². The summed E-state index contributed by atoms with van der Waals surface area (Å²) in [5.74, 6) is 4.58. The summed E-state index contributed by atoms with van der Waals surface area (Å²) in [4.78, 5) is 0. The zero-order valence-corrected chi connectivity index (χ0v) is 20.9. The first-order valence-corrected chi connectivity index (χ1v) is 12.5. The molecule has 4 fully saturated rings. The number of unbranched alkanes of at least 4 members (excludes halogenated alkanes) is 1. The van der Waals surface area contributed by atoms with Crippen molar-refractivity contribution in [3.8, 4) is 22.6 Å². The van der Waals surface area contributed by atoms with Gasteiger partial charge in [-0.05, 0) is 80.6 Å². The maximum atomic E-state index is 6.37. The summed E-state index contributed by atoms with van der Waals surface area (Å²) in [6.07, 6.45) is 10.5. The average molecular weight is 441 g/mol. The Balaban J connectivity index is 0.00000259. The van der Waals surface area contributed by atoms with E-state index in [2.05, 4.69) is 38.1 Å². The summed E-state index contributed by atoms with van der Waals surface area (Å²) in [5, 5.41) is 0. The molecule has 0 aliphatic heterocycles. The van der Waals surface area contributed by atoms with Crippen LogP contribution in [0.25, 0.3) is 11.1 Å². The molecule has 0 radical (unpaired) electrons. The Morgan fingerprint density at radius 3 is 2.33 bits per heavy atom. The second-order valence-corrected chi connectivity index (χ2v) is 10.6. The van der Waals surface area contributed by atoms with Gasteiger partial charge in [-0.25, -0.2) is 0 Å². The first kappa shape index (κ1) is 24.7. The summed E-state index contributed by atoms with van der Waals surface area (Å²) >= 11 is 0. The third-order valence-electron chi connectivity index (χ3n) is 7.99. The molecule has 0 amide bonds. The maximum Gasteiger partial charge on any atom is 1.00 e. The summed E-state index contributed by atoms with van der Waals surface area (Å²) < 4.78 is 17.7. The molecule has 4 bridgehead atoms. The van der Waals surface area contributed by atoms with E-state index in [1.165, 1.54) is 49.7 Å². The summed E-state index contributed by atoms with van der Waals surface area (Å²) in [7, 11) is 1.70. The van der Waals surface area contributed by atoms with Crippen LogP contribution in [0.4, 0.5) is 0 Å². The summed E-state index contributed by atoms with van der Waals surface area (Å²) in [6.45, 7) is 5.42. The number of rotatable bonds is 9. The van der Waals surface area contributed by atoms with E-state index in [1.807, 2.05) is 12.1 Å². The zero-order chi connectivity index (χ0) is 22.1. The molecule has 4 aliphatic rings. The fraction of sp³-hybridized carbons (Fsp3) is 0.586. The van der Waals surface area contributed by atoms with Crippen LogP contribution >= 0.6 is 0 Å². The second kappa shape index (κ2) is 10.5. The molecule has 0 unspecified atom stereocenters. The van der Waals surface area contributed by atoms with E-state index in [9.17, 15) is 0 Å². The largest absolute Gasteiger partial charge is 1.00 e. The molecule has 4 saturated carbocycles. The van der Waals surface area contributed by atoms with E-state index in [0.29, 0.717) is 0 Å². The van der Waals surface area contributed by atoms with Crippen LogP contribution in [0.2, 0.25) is 0 Å². The van der Waals surface area contributed by atoms with Crippen molar-refractivity contribution in [1.82, 2.24) is 0 Å². The first-order valence-electron chi connectivity index (χ1n) is 12.5. The van der Waals surface area contributed by atoms with Crippen molar-refractivity contribution in [1.29, 1.82) is 0 Å². The van der Waals surface area contributed by atoms with Gasteiger partial charge in [0, 0.05) is 12.9 Å². The standard InChI is InChI=1S/C29H37O3.Li/c1-4-5-9-31-25-8-6-7-24(15-25)26-10-20(2)11-27(28(26)32-19-30-3)29-16-21-12-22(17-29)14-23(13-21)18-29;/h6,8,10-11,15,21-23H,4-5,9,12-14,16-19H2,1-3H3;/q-1;+1. The third-order valence-corrected chi connectivity index (χ3v) is 7.99. The third kappa shape index (κ3) is 5.02. The van der Waals surface area contributed by atoms with Crippen molar-refractivity contribution < 1.29 is 33.1 Å². The van der Waals surface area contributed by atoms with Gasteiger partial charge in [-0.15, -0.1) is 29.8 Å². The molecule has 2 aromatic carbocycles. The predicted molar refractivity (Wildman–Crippen MR) is 128 cm³/mol. The number of hydrogen-bond acceptors (Lipinski definition) is 3. The van der Waals surface area contributed by atoms with Crippen molar-refractivity contribution in [3.05, 3.63) is 47.5 Å². The Kier molecular flexibility index (Phi) is 7.84. The van der Waals surface area contributed by atoms with Gasteiger partial charge in [0.25, 0.3) is 0 Å². The Morgan fingerprint density at radius 2 is 1.70 bits per heavy atom. The summed E-state index contributed by atoms with van der Waals surface area (Å²) in [5.41, 5.74) is 5.12. The van der Waals surface area contributed by atoms with Crippen LogP contribution in [0.5, 0.6) is 11.5 Å². The quantitative estimate of drug-likeness (QED) is 0.254. The van der Waals surface area contributed by atoms with E-state index in [0.717, 1.165) is 59.8 Å². The second-order valence-electron chi connectivity index (χ2n) is 10.6. The molecular formula is C29H37LiO3. The van der Waals surface area contributed by atoms with Crippen molar-refractivity contribution in [3.63, 3.8) is 0 Å². The minimum Gasteiger partial charge on any atom is -0.513 e. The molecule has 0 saturated heterocycles. The predicted octanol–water partition coefficient (Wildman–Crippen LogP) is 4.10. The molecule has 4 heteroatoms. The fourth-order valence-electron chi connectivity index (χ4n) is 7.11. The molecule has 2 aromatic rings. The van der Waals surface area contributed by atoms with Crippen LogP contribution in [-0.4, -0.2) is 20.5 Å². The first-order chi connectivity index (χ1) is 15.6. The fourth-order valence-corrected chi connectivity index (χ4v) is 7.11. The Morgan fingerprint density at radius 1 is 1.00 bits per heavy atom. The molecule has 6 rings (SSSR count). The van der Waals surface area contributed by atoms with Crippen LogP contribution in [0, 0.1) is 30.7 Å². The smallest absolute Gasteiger partial charge is 0.513 e.